The molecule has 0 saturated heterocycles. The minimum Gasteiger partial charge on any atom is -0.752 e. The molecule has 4 nitrogen and oxygen atoms in total. The zero-order valence-corrected chi connectivity index (χ0v) is 27.2. The molecule has 0 atom stereocenters. The third-order valence-corrected chi connectivity index (χ3v) is 9.17. The Hall–Kier alpha value is -1.83. The van der Waals surface area contributed by atoms with Crippen molar-refractivity contribution >= 4 is 91.6 Å². The maximum absolute atomic E-state index is 5.19. The SMILES string of the molecule is C/C(=N\N=C(/[S-])SCc1ccccc1)c1cccs1.C/C(=N\N=C(/[S-])SCc1ccccc1)c1cccs1.[Co+2]. The Labute approximate surface area is 268 Å². The van der Waals surface area contributed by atoms with Gasteiger partial charge in [0.2, 0.25) is 0 Å². The van der Waals surface area contributed by atoms with Gasteiger partial charge in [-0.05, 0) is 56.6 Å². The van der Waals surface area contributed by atoms with Crippen LogP contribution in [0, 0.1) is 0 Å². The van der Waals surface area contributed by atoms with Gasteiger partial charge in [-0.2, -0.15) is 20.4 Å². The summed E-state index contributed by atoms with van der Waals surface area (Å²) in [4.78, 5) is 2.25. The van der Waals surface area contributed by atoms with Gasteiger partial charge in [0.15, 0.2) is 0 Å². The monoisotopic (exact) mass is 669 g/mol. The summed E-state index contributed by atoms with van der Waals surface area (Å²) in [6, 6.07) is 28.5. The van der Waals surface area contributed by atoms with Gasteiger partial charge in [0.05, 0.1) is 21.2 Å². The van der Waals surface area contributed by atoms with Gasteiger partial charge in [-0.25, -0.2) is 0 Å². The molecule has 0 fully saturated rings. The van der Waals surface area contributed by atoms with Crippen LogP contribution in [0.3, 0.4) is 0 Å². The molecule has 4 aromatic rings. The Balaban J connectivity index is 0.000000267. The molecule has 0 saturated carbocycles. The summed E-state index contributed by atoms with van der Waals surface area (Å²) >= 11 is 16.8. The van der Waals surface area contributed by atoms with Crippen molar-refractivity contribution < 1.29 is 16.8 Å². The van der Waals surface area contributed by atoms with Gasteiger partial charge in [0, 0.05) is 11.5 Å². The molecule has 0 unspecified atom stereocenters. The molecule has 0 spiro atoms. The Morgan fingerprint density at radius 2 is 0.974 bits per heavy atom. The van der Waals surface area contributed by atoms with Crippen LogP contribution in [0.4, 0.5) is 0 Å². The van der Waals surface area contributed by atoms with Gasteiger partial charge in [0.1, 0.15) is 0 Å². The van der Waals surface area contributed by atoms with Gasteiger partial charge in [0.25, 0.3) is 0 Å². The van der Waals surface area contributed by atoms with E-state index >= 15 is 0 Å². The van der Waals surface area contributed by atoms with E-state index in [-0.39, 0.29) is 16.8 Å². The predicted molar refractivity (Wildman–Crippen MR) is 178 cm³/mol. The number of thiophene rings is 2. The zero-order valence-electron chi connectivity index (χ0n) is 21.2. The fourth-order valence-corrected chi connectivity index (χ4v) is 5.74. The summed E-state index contributed by atoms with van der Waals surface area (Å²) in [5.41, 5.74) is 4.28. The van der Waals surface area contributed by atoms with Gasteiger partial charge in [-0.3, -0.25) is 0 Å². The van der Waals surface area contributed by atoms with Crippen molar-refractivity contribution in [1.29, 1.82) is 0 Å². The molecule has 2 heterocycles. The number of hydrogen-bond donors (Lipinski definition) is 0. The molecule has 0 aliphatic carbocycles. The van der Waals surface area contributed by atoms with Gasteiger partial charge < -0.3 is 25.3 Å². The molecule has 2 aromatic carbocycles. The second-order valence-electron chi connectivity index (χ2n) is 7.61. The van der Waals surface area contributed by atoms with E-state index in [4.69, 9.17) is 25.3 Å². The molecule has 0 bridgehead atoms. The first-order valence-electron chi connectivity index (χ1n) is 11.5. The smallest absolute Gasteiger partial charge is 0.752 e. The van der Waals surface area contributed by atoms with E-state index in [1.165, 1.54) is 34.7 Å². The van der Waals surface area contributed by atoms with E-state index in [0.717, 1.165) is 32.7 Å². The van der Waals surface area contributed by atoms with Crippen LogP contribution in [0.25, 0.3) is 0 Å². The molecular weight excluding hydrogens is 644 g/mol. The first-order valence-corrected chi connectivity index (χ1v) is 16.1. The Kier molecular flexibility index (Phi) is 16.5. The normalized spacial score (nSPS) is 12.4. The van der Waals surface area contributed by atoms with Crippen LogP contribution in [0.1, 0.15) is 34.7 Å². The second kappa shape index (κ2) is 19.3. The summed E-state index contributed by atoms with van der Waals surface area (Å²) in [5.74, 6) is 1.66. The number of benzene rings is 2. The molecule has 203 valence electrons. The van der Waals surface area contributed by atoms with Crippen molar-refractivity contribution in [3.63, 3.8) is 0 Å². The average molecular weight is 670 g/mol. The van der Waals surface area contributed by atoms with Crippen LogP contribution in [-0.4, -0.2) is 20.2 Å². The van der Waals surface area contributed by atoms with E-state index in [1.807, 2.05) is 85.3 Å². The molecule has 11 heteroatoms. The van der Waals surface area contributed by atoms with Gasteiger partial charge >= 0.3 is 16.8 Å². The summed E-state index contributed by atoms with van der Waals surface area (Å²) in [5, 5.41) is 20.6. The third-order valence-electron chi connectivity index (χ3n) is 4.73. The quantitative estimate of drug-likeness (QED) is 0.0816. The minimum absolute atomic E-state index is 0. The molecule has 39 heavy (non-hydrogen) atoms. The largest absolute Gasteiger partial charge is 2.00 e. The molecule has 0 aliphatic rings. The van der Waals surface area contributed by atoms with Crippen LogP contribution in [0.5, 0.6) is 0 Å². The second-order valence-corrected chi connectivity index (χ2v) is 12.7. The van der Waals surface area contributed by atoms with Crippen LogP contribution in [0.15, 0.2) is 116 Å². The summed E-state index contributed by atoms with van der Waals surface area (Å²) in [6.07, 6.45) is 0. The summed E-state index contributed by atoms with van der Waals surface area (Å²) in [6.45, 7) is 3.89. The number of thioether (sulfide) groups is 2. The van der Waals surface area contributed by atoms with Crippen LogP contribution < -0.4 is 0 Å². The molecule has 0 N–H and O–H groups in total. The van der Waals surface area contributed by atoms with Crippen LogP contribution in [0.2, 0.25) is 0 Å². The van der Waals surface area contributed by atoms with Crippen molar-refractivity contribution in [3.05, 3.63) is 117 Å². The van der Waals surface area contributed by atoms with Crippen molar-refractivity contribution in [2.24, 2.45) is 20.4 Å². The van der Waals surface area contributed by atoms with E-state index in [9.17, 15) is 0 Å². The maximum Gasteiger partial charge on any atom is 2.00 e. The van der Waals surface area contributed by atoms with Crippen LogP contribution in [-0.2, 0) is 53.5 Å². The van der Waals surface area contributed by atoms with E-state index in [2.05, 4.69) is 44.7 Å². The van der Waals surface area contributed by atoms with Gasteiger partial charge in [-0.1, -0.05) is 72.8 Å². The minimum atomic E-state index is 0. The van der Waals surface area contributed by atoms with Gasteiger partial charge in [-0.15, -0.1) is 46.2 Å². The van der Waals surface area contributed by atoms with Crippen molar-refractivity contribution in [2.45, 2.75) is 25.4 Å². The molecule has 4 rings (SSSR count). The third kappa shape index (κ3) is 13.4. The van der Waals surface area contributed by atoms with Crippen LogP contribution >= 0.6 is 46.2 Å². The first kappa shape index (κ1) is 33.4. The topological polar surface area (TPSA) is 49.4 Å². The molecule has 0 aliphatic heterocycles. The first-order chi connectivity index (χ1) is 18.5. The van der Waals surface area contributed by atoms with Crippen molar-refractivity contribution in [3.8, 4) is 0 Å². The maximum atomic E-state index is 5.19. The summed E-state index contributed by atoms with van der Waals surface area (Å²) < 4.78 is 1.14. The van der Waals surface area contributed by atoms with E-state index in [1.54, 1.807) is 22.7 Å². The fourth-order valence-electron chi connectivity index (χ4n) is 2.80. The van der Waals surface area contributed by atoms with E-state index in [0.29, 0.717) is 8.75 Å². The van der Waals surface area contributed by atoms with E-state index < -0.39 is 0 Å². The number of rotatable bonds is 8. The molecule has 1 radical (unpaired) electrons. The fraction of sp³-hybridized carbons (Fsp3) is 0.143. The molecular formula is C28H26CoN4S6. The molecule has 0 amide bonds. The Morgan fingerprint density at radius 3 is 1.31 bits per heavy atom. The Bertz CT molecular complexity index is 1230. The van der Waals surface area contributed by atoms with Crippen molar-refractivity contribution in [2.75, 3.05) is 0 Å². The molecule has 2 aromatic heterocycles. The predicted octanol–water partition coefficient (Wildman–Crippen LogP) is 8.61. The zero-order chi connectivity index (χ0) is 27.0. The average Bonchev–Trinajstić information content (AvgIpc) is 3.69. The number of hydrogen-bond acceptors (Lipinski definition) is 10. The Morgan fingerprint density at radius 1 is 0.590 bits per heavy atom. The standard InChI is InChI=1S/2C14H14N2S3.Co/c2*1-11(13-8-5-9-18-13)15-16-14(17)19-10-12-6-3-2-4-7-12;/h2*2-9H,10H2,1H3,(H,16,17);/q;;+2/p-2/b2*15-11+;. The summed E-state index contributed by atoms with van der Waals surface area (Å²) in [7, 11) is 0. The van der Waals surface area contributed by atoms with Crippen molar-refractivity contribution in [1.82, 2.24) is 0 Å². The number of nitrogens with zero attached hydrogens (tertiary/aromatic N) is 4.